The van der Waals surface area contributed by atoms with Gasteiger partial charge < -0.3 is 20.5 Å². The van der Waals surface area contributed by atoms with Crippen molar-refractivity contribution in [2.75, 3.05) is 31.8 Å². The lowest BCUT2D eigenvalue weighted by atomic mass is 10.4. The molecule has 0 saturated carbocycles. The number of nitrogens with two attached hydrogens (primary N) is 1. The molecule has 0 atom stereocenters. The van der Waals surface area contributed by atoms with Gasteiger partial charge in [-0.2, -0.15) is 4.98 Å². The first-order chi connectivity index (χ1) is 7.22. The lowest BCUT2D eigenvalue weighted by Crippen LogP contribution is -2.09. The minimum atomic E-state index is 0.328. The zero-order chi connectivity index (χ0) is 11.3. The molecule has 0 aliphatic carbocycles. The second kappa shape index (κ2) is 5.35. The third-order valence-electron chi connectivity index (χ3n) is 1.75. The summed E-state index contributed by atoms with van der Waals surface area (Å²) < 4.78 is 10.2. The van der Waals surface area contributed by atoms with Crippen molar-refractivity contribution in [1.29, 1.82) is 0 Å². The van der Waals surface area contributed by atoms with Crippen LogP contribution < -0.4 is 15.8 Å². The van der Waals surface area contributed by atoms with Crippen molar-refractivity contribution in [1.82, 2.24) is 9.97 Å². The molecular formula is C9H16N4O2. The lowest BCUT2D eigenvalue weighted by Gasteiger charge is -2.11. The number of nitrogens with one attached hydrogen (secondary N) is 1. The van der Waals surface area contributed by atoms with Gasteiger partial charge in [-0.15, -0.1) is 0 Å². The van der Waals surface area contributed by atoms with E-state index in [1.807, 2.05) is 6.92 Å². The molecule has 0 amide bonds. The topological polar surface area (TPSA) is 82.3 Å². The summed E-state index contributed by atoms with van der Waals surface area (Å²) >= 11 is 0. The summed E-state index contributed by atoms with van der Waals surface area (Å²) in [5.41, 5.74) is 6.21. The summed E-state index contributed by atoms with van der Waals surface area (Å²) in [6.45, 7) is 2.71. The first-order valence-corrected chi connectivity index (χ1v) is 4.68. The highest BCUT2D eigenvalue weighted by Crippen LogP contribution is 2.25. The molecule has 1 aromatic rings. The SMILES string of the molecule is CCOc1nc(COC)nc(NC)c1N. The van der Waals surface area contributed by atoms with E-state index < -0.39 is 0 Å². The van der Waals surface area contributed by atoms with E-state index in [4.69, 9.17) is 15.2 Å². The van der Waals surface area contributed by atoms with E-state index in [2.05, 4.69) is 15.3 Å². The summed E-state index contributed by atoms with van der Waals surface area (Å²) in [4.78, 5) is 8.31. The second-order valence-corrected chi connectivity index (χ2v) is 2.82. The molecule has 6 heteroatoms. The maximum Gasteiger partial charge on any atom is 0.242 e. The summed E-state index contributed by atoms with van der Waals surface area (Å²) in [7, 11) is 3.32. The molecule has 1 aromatic heterocycles. The number of methoxy groups -OCH3 is 1. The Hall–Kier alpha value is -1.56. The maximum atomic E-state index is 5.79. The molecule has 0 fully saturated rings. The van der Waals surface area contributed by atoms with Crippen molar-refractivity contribution in [2.45, 2.75) is 13.5 Å². The predicted octanol–water partition coefficient (Wildman–Crippen LogP) is 0.646. The third kappa shape index (κ3) is 2.69. The van der Waals surface area contributed by atoms with E-state index in [1.54, 1.807) is 14.2 Å². The summed E-state index contributed by atoms with van der Waals surface area (Å²) in [6.07, 6.45) is 0. The second-order valence-electron chi connectivity index (χ2n) is 2.82. The maximum absolute atomic E-state index is 5.79. The highest BCUT2D eigenvalue weighted by molar-refractivity contribution is 5.66. The number of rotatable bonds is 5. The minimum absolute atomic E-state index is 0.328. The average Bonchev–Trinajstić information content (AvgIpc) is 2.23. The molecule has 0 unspecified atom stereocenters. The monoisotopic (exact) mass is 212 g/mol. The molecule has 6 nitrogen and oxygen atoms in total. The van der Waals surface area contributed by atoms with Gasteiger partial charge in [0.05, 0.1) is 6.61 Å². The van der Waals surface area contributed by atoms with E-state index in [9.17, 15) is 0 Å². The molecular weight excluding hydrogens is 196 g/mol. The van der Waals surface area contributed by atoms with Crippen LogP contribution in [0.25, 0.3) is 0 Å². The van der Waals surface area contributed by atoms with Crippen LogP contribution in [0.4, 0.5) is 11.5 Å². The van der Waals surface area contributed by atoms with Gasteiger partial charge in [0.15, 0.2) is 11.6 Å². The standard InChI is InChI=1S/C9H16N4O2/c1-4-15-9-7(10)8(11-2)12-6(13-9)5-14-3/h4-5,10H2,1-3H3,(H,11,12,13). The molecule has 1 heterocycles. The van der Waals surface area contributed by atoms with E-state index >= 15 is 0 Å². The smallest absolute Gasteiger partial charge is 0.242 e. The average molecular weight is 212 g/mol. The molecule has 0 aromatic carbocycles. The fourth-order valence-electron chi connectivity index (χ4n) is 1.12. The molecule has 0 aliphatic rings. The fraction of sp³-hybridized carbons (Fsp3) is 0.556. The highest BCUT2D eigenvalue weighted by Gasteiger charge is 2.11. The van der Waals surface area contributed by atoms with Crippen LogP contribution in [-0.4, -0.2) is 30.7 Å². The number of anilines is 2. The Morgan fingerprint density at radius 3 is 2.67 bits per heavy atom. The zero-order valence-electron chi connectivity index (χ0n) is 9.20. The Morgan fingerprint density at radius 1 is 1.40 bits per heavy atom. The fourth-order valence-corrected chi connectivity index (χ4v) is 1.12. The van der Waals surface area contributed by atoms with Gasteiger partial charge in [-0.1, -0.05) is 0 Å². The quantitative estimate of drug-likeness (QED) is 0.745. The highest BCUT2D eigenvalue weighted by atomic mass is 16.5. The normalized spacial score (nSPS) is 10.1. The molecule has 0 spiro atoms. The van der Waals surface area contributed by atoms with Crippen LogP contribution >= 0.6 is 0 Å². The lowest BCUT2D eigenvalue weighted by molar-refractivity contribution is 0.176. The minimum Gasteiger partial charge on any atom is -0.476 e. The van der Waals surface area contributed by atoms with Crippen LogP contribution in [0.1, 0.15) is 12.7 Å². The van der Waals surface area contributed by atoms with E-state index in [-0.39, 0.29) is 0 Å². The largest absolute Gasteiger partial charge is 0.476 e. The van der Waals surface area contributed by atoms with Crippen molar-refractivity contribution >= 4 is 11.5 Å². The molecule has 1 rings (SSSR count). The van der Waals surface area contributed by atoms with Crippen LogP contribution in [-0.2, 0) is 11.3 Å². The first-order valence-electron chi connectivity index (χ1n) is 4.68. The van der Waals surface area contributed by atoms with E-state index in [0.29, 0.717) is 36.4 Å². The van der Waals surface area contributed by atoms with Crippen LogP contribution in [0, 0.1) is 0 Å². The van der Waals surface area contributed by atoms with Gasteiger partial charge in [0.1, 0.15) is 12.3 Å². The predicted molar refractivity (Wildman–Crippen MR) is 57.9 cm³/mol. The van der Waals surface area contributed by atoms with E-state index in [0.717, 1.165) is 0 Å². The number of nitrogens with zero attached hydrogens (tertiary/aromatic N) is 2. The van der Waals surface area contributed by atoms with Crippen molar-refractivity contribution in [3.05, 3.63) is 5.82 Å². The number of ether oxygens (including phenoxy) is 2. The third-order valence-corrected chi connectivity index (χ3v) is 1.75. The van der Waals surface area contributed by atoms with Gasteiger partial charge >= 0.3 is 0 Å². The number of hydrogen-bond donors (Lipinski definition) is 2. The Bertz CT molecular complexity index is 330. The van der Waals surface area contributed by atoms with Crippen LogP contribution in [0.2, 0.25) is 0 Å². The Balaban J connectivity index is 3.07. The number of nitrogen functional groups attached to an aromatic ring is 1. The molecule has 0 saturated heterocycles. The summed E-state index contributed by atoms with van der Waals surface area (Å²) in [5, 5.41) is 2.88. The Labute approximate surface area is 88.8 Å². The van der Waals surface area contributed by atoms with Crippen molar-refractivity contribution in [3.63, 3.8) is 0 Å². The number of hydrogen-bond acceptors (Lipinski definition) is 6. The first kappa shape index (κ1) is 11.5. The molecule has 3 N–H and O–H groups in total. The van der Waals surface area contributed by atoms with Gasteiger partial charge in [0, 0.05) is 14.2 Å². The van der Waals surface area contributed by atoms with E-state index in [1.165, 1.54) is 0 Å². The van der Waals surface area contributed by atoms with Crippen LogP contribution in [0.3, 0.4) is 0 Å². The summed E-state index contributed by atoms with van der Waals surface area (Å²) in [6, 6.07) is 0. The van der Waals surface area contributed by atoms with Gasteiger partial charge in [-0.05, 0) is 6.92 Å². The van der Waals surface area contributed by atoms with Crippen LogP contribution in [0.15, 0.2) is 0 Å². The van der Waals surface area contributed by atoms with Crippen molar-refractivity contribution < 1.29 is 9.47 Å². The zero-order valence-corrected chi connectivity index (χ0v) is 9.20. The summed E-state index contributed by atoms with van der Waals surface area (Å²) in [5.74, 6) is 1.49. The van der Waals surface area contributed by atoms with Gasteiger partial charge in [-0.25, -0.2) is 4.98 Å². The van der Waals surface area contributed by atoms with Gasteiger partial charge in [-0.3, -0.25) is 0 Å². The number of aromatic nitrogens is 2. The van der Waals surface area contributed by atoms with Crippen molar-refractivity contribution in [3.8, 4) is 5.88 Å². The van der Waals surface area contributed by atoms with Crippen molar-refractivity contribution in [2.24, 2.45) is 0 Å². The van der Waals surface area contributed by atoms with Crippen LogP contribution in [0.5, 0.6) is 5.88 Å². The Kier molecular flexibility index (Phi) is 4.11. The molecule has 84 valence electrons. The Morgan fingerprint density at radius 2 is 2.13 bits per heavy atom. The molecule has 0 bridgehead atoms. The molecule has 0 aliphatic heterocycles. The van der Waals surface area contributed by atoms with Gasteiger partial charge in [0.25, 0.3) is 0 Å². The van der Waals surface area contributed by atoms with Gasteiger partial charge in [0.2, 0.25) is 5.88 Å². The molecule has 15 heavy (non-hydrogen) atoms. The molecule has 0 radical (unpaired) electrons.